The zero-order valence-corrected chi connectivity index (χ0v) is 12.7. The highest BCUT2D eigenvalue weighted by molar-refractivity contribution is 5.93. The average molecular weight is 315 g/mol. The molecule has 4 rings (SSSR count). The first-order valence-electron chi connectivity index (χ1n) is 7.82. The summed E-state index contributed by atoms with van der Waals surface area (Å²) >= 11 is 0. The molecule has 2 aromatic heterocycles. The van der Waals surface area contributed by atoms with Gasteiger partial charge in [0.25, 0.3) is 5.56 Å². The lowest BCUT2D eigenvalue weighted by Gasteiger charge is -2.23. The summed E-state index contributed by atoms with van der Waals surface area (Å²) in [6, 6.07) is 3.62. The smallest absolute Gasteiger partial charge is 0.258 e. The molecule has 0 amide bonds. The van der Waals surface area contributed by atoms with Gasteiger partial charge in [-0.25, -0.2) is 9.97 Å². The van der Waals surface area contributed by atoms with Crippen molar-refractivity contribution in [2.24, 2.45) is 0 Å². The number of aromatic amines is 2. The van der Waals surface area contributed by atoms with Crippen molar-refractivity contribution in [1.82, 2.24) is 19.9 Å². The van der Waals surface area contributed by atoms with E-state index in [0.29, 0.717) is 10.9 Å². The van der Waals surface area contributed by atoms with Crippen molar-refractivity contribution in [2.75, 3.05) is 44.7 Å². The van der Waals surface area contributed by atoms with Gasteiger partial charge in [-0.3, -0.25) is 4.79 Å². The number of fused-ring (bicyclic) bond motifs is 2. The third kappa shape index (κ3) is 2.90. The summed E-state index contributed by atoms with van der Waals surface area (Å²) in [6.07, 6.45) is 1.41. The maximum Gasteiger partial charge on any atom is 0.258 e. The van der Waals surface area contributed by atoms with E-state index >= 15 is 0 Å². The number of morpholine rings is 1. The lowest BCUT2D eigenvalue weighted by Crippen LogP contribution is -3.14. The van der Waals surface area contributed by atoms with E-state index < -0.39 is 0 Å². The fraction of sp³-hybridized carbons (Fsp3) is 0.400. The molecule has 0 saturated carbocycles. The van der Waals surface area contributed by atoms with Crippen LogP contribution in [0, 0.1) is 0 Å². The van der Waals surface area contributed by atoms with Gasteiger partial charge in [-0.2, -0.15) is 0 Å². The number of imidazole rings is 1. The summed E-state index contributed by atoms with van der Waals surface area (Å²) in [5.41, 5.74) is 2.14. The predicted octanol–water partition coefficient (Wildman–Crippen LogP) is -0.874. The fourth-order valence-corrected chi connectivity index (χ4v) is 2.92. The number of rotatable bonds is 4. The van der Waals surface area contributed by atoms with E-state index in [9.17, 15) is 4.79 Å². The van der Waals surface area contributed by atoms with Crippen LogP contribution in [0.2, 0.25) is 0 Å². The Hall–Kier alpha value is -2.45. The standard InChI is InChI=1S/C15H18N6O2/c22-14-10-7-12-13(8-11(10)17-9-18-14)20-15(19-12)16-1-2-21-3-5-23-6-4-21/h7-9H,1-6H2,(H2,16,19,20)(H,17,18,22)/p+1. The molecule has 8 heteroatoms. The van der Waals surface area contributed by atoms with Crippen molar-refractivity contribution < 1.29 is 9.64 Å². The monoisotopic (exact) mass is 315 g/mol. The minimum atomic E-state index is -0.142. The number of hydrogen-bond donors (Lipinski definition) is 4. The first-order valence-corrected chi connectivity index (χ1v) is 7.82. The van der Waals surface area contributed by atoms with Gasteiger partial charge in [0, 0.05) is 0 Å². The number of benzene rings is 1. The van der Waals surface area contributed by atoms with E-state index in [1.54, 1.807) is 11.0 Å². The van der Waals surface area contributed by atoms with Crippen LogP contribution in [0.25, 0.3) is 21.9 Å². The van der Waals surface area contributed by atoms with Crippen LogP contribution >= 0.6 is 0 Å². The van der Waals surface area contributed by atoms with Gasteiger partial charge in [-0.1, -0.05) is 0 Å². The Bertz CT molecular complexity index is 880. The summed E-state index contributed by atoms with van der Waals surface area (Å²) in [7, 11) is 0. The topological polar surface area (TPSA) is 100 Å². The second-order valence-electron chi connectivity index (χ2n) is 5.74. The predicted molar refractivity (Wildman–Crippen MR) is 86.9 cm³/mol. The summed E-state index contributed by atoms with van der Waals surface area (Å²) in [5, 5.41) is 3.88. The molecule has 1 saturated heterocycles. The third-order valence-corrected chi connectivity index (χ3v) is 4.21. The van der Waals surface area contributed by atoms with Gasteiger partial charge in [0.05, 0.1) is 54.6 Å². The minimum absolute atomic E-state index is 0.142. The molecule has 0 radical (unpaired) electrons. The van der Waals surface area contributed by atoms with E-state index in [2.05, 4.69) is 25.3 Å². The molecule has 0 bridgehead atoms. The van der Waals surface area contributed by atoms with Crippen molar-refractivity contribution in [1.29, 1.82) is 0 Å². The van der Waals surface area contributed by atoms with Crippen molar-refractivity contribution in [3.05, 3.63) is 28.8 Å². The molecule has 0 unspecified atom stereocenters. The molecule has 120 valence electrons. The van der Waals surface area contributed by atoms with E-state index in [4.69, 9.17) is 4.74 Å². The van der Waals surface area contributed by atoms with Crippen LogP contribution in [-0.4, -0.2) is 59.3 Å². The van der Waals surface area contributed by atoms with Crippen molar-refractivity contribution >= 4 is 27.9 Å². The van der Waals surface area contributed by atoms with Crippen LogP contribution in [0.15, 0.2) is 23.3 Å². The Morgan fingerprint density at radius 3 is 3.00 bits per heavy atom. The van der Waals surface area contributed by atoms with Gasteiger partial charge in [-0.15, -0.1) is 0 Å². The van der Waals surface area contributed by atoms with Crippen LogP contribution in [0.1, 0.15) is 0 Å². The van der Waals surface area contributed by atoms with Crippen molar-refractivity contribution in [3.63, 3.8) is 0 Å². The van der Waals surface area contributed by atoms with Crippen LogP contribution < -0.4 is 15.8 Å². The summed E-state index contributed by atoms with van der Waals surface area (Å²) in [6.45, 7) is 5.67. The first-order chi connectivity index (χ1) is 11.3. The van der Waals surface area contributed by atoms with E-state index in [0.717, 1.165) is 56.4 Å². The van der Waals surface area contributed by atoms with E-state index in [1.807, 2.05) is 6.07 Å². The largest absolute Gasteiger partial charge is 0.370 e. The molecule has 1 aliphatic heterocycles. The molecular weight excluding hydrogens is 296 g/mol. The number of H-pyrrole nitrogens is 2. The molecule has 0 atom stereocenters. The highest BCUT2D eigenvalue weighted by Gasteiger charge is 2.13. The highest BCUT2D eigenvalue weighted by Crippen LogP contribution is 2.18. The van der Waals surface area contributed by atoms with E-state index in [-0.39, 0.29) is 5.56 Å². The normalized spacial score (nSPS) is 16.2. The molecule has 1 aromatic carbocycles. The second kappa shape index (κ2) is 5.98. The Morgan fingerprint density at radius 1 is 1.26 bits per heavy atom. The third-order valence-electron chi connectivity index (χ3n) is 4.21. The lowest BCUT2D eigenvalue weighted by molar-refractivity contribution is -0.906. The Balaban J connectivity index is 1.50. The molecule has 0 spiro atoms. The summed E-state index contributed by atoms with van der Waals surface area (Å²) in [4.78, 5) is 27.9. The molecule has 1 aliphatic rings. The molecule has 4 N–H and O–H groups in total. The van der Waals surface area contributed by atoms with Gasteiger partial charge < -0.3 is 24.9 Å². The van der Waals surface area contributed by atoms with Gasteiger partial charge in [0.2, 0.25) is 5.95 Å². The number of quaternary nitrogens is 1. The Labute approximate surface area is 131 Å². The summed E-state index contributed by atoms with van der Waals surface area (Å²) in [5.74, 6) is 0.722. The zero-order chi connectivity index (χ0) is 15.6. The van der Waals surface area contributed by atoms with Crippen molar-refractivity contribution in [3.8, 4) is 0 Å². The number of aromatic nitrogens is 4. The van der Waals surface area contributed by atoms with Gasteiger partial charge >= 0.3 is 0 Å². The number of nitrogens with one attached hydrogen (secondary N) is 4. The second-order valence-corrected chi connectivity index (χ2v) is 5.74. The molecule has 0 aliphatic carbocycles. The first kappa shape index (κ1) is 14.2. The molecule has 23 heavy (non-hydrogen) atoms. The van der Waals surface area contributed by atoms with E-state index in [1.165, 1.54) is 6.33 Å². The Morgan fingerprint density at radius 2 is 2.13 bits per heavy atom. The van der Waals surface area contributed by atoms with Crippen LogP contribution in [0.4, 0.5) is 5.95 Å². The van der Waals surface area contributed by atoms with Crippen LogP contribution in [-0.2, 0) is 4.74 Å². The average Bonchev–Trinajstić information content (AvgIpc) is 2.96. The zero-order valence-electron chi connectivity index (χ0n) is 12.7. The molecule has 8 nitrogen and oxygen atoms in total. The maximum atomic E-state index is 11.8. The molecule has 3 heterocycles. The molecule has 3 aromatic rings. The van der Waals surface area contributed by atoms with Gasteiger partial charge in [0.1, 0.15) is 13.1 Å². The fourth-order valence-electron chi connectivity index (χ4n) is 2.92. The molecule has 1 fully saturated rings. The van der Waals surface area contributed by atoms with Gasteiger partial charge in [-0.05, 0) is 12.1 Å². The van der Waals surface area contributed by atoms with Crippen LogP contribution in [0.3, 0.4) is 0 Å². The quantitative estimate of drug-likeness (QED) is 0.501. The minimum Gasteiger partial charge on any atom is -0.370 e. The highest BCUT2D eigenvalue weighted by atomic mass is 16.5. The number of ether oxygens (including phenoxy) is 1. The molecular formula is C15H19N6O2+. The maximum absolute atomic E-state index is 11.8. The Kier molecular flexibility index (Phi) is 3.68. The van der Waals surface area contributed by atoms with Gasteiger partial charge in [0.15, 0.2) is 0 Å². The number of anilines is 1. The van der Waals surface area contributed by atoms with Crippen LogP contribution in [0.5, 0.6) is 0 Å². The number of hydrogen-bond acceptors (Lipinski definition) is 5. The summed E-state index contributed by atoms with van der Waals surface area (Å²) < 4.78 is 5.36. The number of nitrogens with zero attached hydrogens (tertiary/aromatic N) is 2. The SMILES string of the molecule is O=c1[nH]cnc2cc3nc(NCC[NH+]4CCOCC4)[nH]c3cc12. The lowest BCUT2D eigenvalue weighted by atomic mass is 10.2. The van der Waals surface area contributed by atoms with Crippen molar-refractivity contribution in [2.45, 2.75) is 0 Å².